The Bertz CT molecular complexity index is 887. The molecule has 8 heteroatoms. The summed E-state index contributed by atoms with van der Waals surface area (Å²) in [6.07, 6.45) is 2.88. The summed E-state index contributed by atoms with van der Waals surface area (Å²) in [7, 11) is 0. The minimum absolute atomic E-state index is 0.0125. The normalized spacial score (nSPS) is 20.0. The van der Waals surface area contributed by atoms with Crippen molar-refractivity contribution in [1.29, 1.82) is 0 Å². The number of piperidine rings is 1. The summed E-state index contributed by atoms with van der Waals surface area (Å²) in [5, 5.41) is 17.0. The van der Waals surface area contributed by atoms with E-state index in [2.05, 4.69) is 15.5 Å². The molecule has 0 radical (unpaired) electrons. The first-order valence-electron chi connectivity index (χ1n) is 11.1. The number of carbonyl (C=O) groups is 1. The number of anilines is 1. The fourth-order valence-electron chi connectivity index (χ4n) is 4.02. The molecule has 2 aromatic carbocycles. The van der Waals surface area contributed by atoms with Crippen LogP contribution in [0.15, 0.2) is 53.4 Å². The van der Waals surface area contributed by atoms with Gasteiger partial charge in [0, 0.05) is 36.3 Å². The summed E-state index contributed by atoms with van der Waals surface area (Å²) in [5.74, 6) is 1.41. The van der Waals surface area contributed by atoms with E-state index >= 15 is 0 Å². The van der Waals surface area contributed by atoms with Gasteiger partial charge in [-0.3, -0.25) is 9.69 Å². The van der Waals surface area contributed by atoms with Gasteiger partial charge in [0.2, 0.25) is 5.91 Å². The average Bonchev–Trinajstić information content (AvgIpc) is 2.83. The Balaban J connectivity index is 1.14. The lowest BCUT2D eigenvalue weighted by molar-refractivity contribution is -0.117. The number of ether oxygens (including phenoxy) is 2. The van der Waals surface area contributed by atoms with Gasteiger partial charge in [-0.1, -0.05) is 12.1 Å². The molecule has 0 bridgehead atoms. The zero-order chi connectivity index (χ0) is 22.3. The van der Waals surface area contributed by atoms with Crippen molar-refractivity contribution in [3.63, 3.8) is 0 Å². The van der Waals surface area contributed by atoms with Gasteiger partial charge in [-0.15, -0.1) is 11.8 Å². The van der Waals surface area contributed by atoms with Crippen molar-refractivity contribution in [2.24, 2.45) is 0 Å². The number of carbonyl (C=O) groups excluding carboxylic acids is 1. The first-order valence-corrected chi connectivity index (χ1v) is 12.3. The predicted molar refractivity (Wildman–Crippen MR) is 127 cm³/mol. The summed E-state index contributed by atoms with van der Waals surface area (Å²) in [5.41, 5.74) is 0.829. The highest BCUT2D eigenvalue weighted by Crippen LogP contribution is 2.31. The second kappa shape index (κ2) is 11.0. The quantitative estimate of drug-likeness (QED) is 0.526. The Morgan fingerprint density at radius 2 is 1.88 bits per heavy atom. The number of likely N-dealkylation sites (tertiary alicyclic amines) is 1. The Kier molecular flexibility index (Phi) is 7.91. The highest BCUT2D eigenvalue weighted by molar-refractivity contribution is 7.98. The van der Waals surface area contributed by atoms with Crippen LogP contribution in [-0.2, 0) is 4.79 Å². The van der Waals surface area contributed by atoms with Crippen molar-refractivity contribution in [1.82, 2.24) is 10.2 Å². The van der Waals surface area contributed by atoms with Crippen molar-refractivity contribution >= 4 is 23.4 Å². The molecule has 32 heavy (non-hydrogen) atoms. The van der Waals surface area contributed by atoms with Gasteiger partial charge in [0.15, 0.2) is 17.6 Å². The molecule has 1 saturated heterocycles. The molecule has 2 heterocycles. The highest BCUT2D eigenvalue weighted by Gasteiger charge is 2.28. The molecule has 2 aromatic rings. The first kappa shape index (κ1) is 22.9. The molecule has 7 nitrogen and oxygen atoms in total. The molecule has 0 spiro atoms. The number of benzene rings is 2. The molecule has 2 atom stereocenters. The monoisotopic (exact) mass is 457 g/mol. The largest absolute Gasteiger partial charge is 0.486 e. The number of hydrogen-bond donors (Lipinski definition) is 3. The lowest BCUT2D eigenvalue weighted by Gasteiger charge is -2.34. The molecule has 4 rings (SSSR count). The maximum Gasteiger partial charge on any atom is 0.238 e. The third-order valence-corrected chi connectivity index (χ3v) is 6.65. The first-order chi connectivity index (χ1) is 15.6. The summed E-state index contributed by atoms with van der Waals surface area (Å²) < 4.78 is 11.6. The maximum absolute atomic E-state index is 12.4. The van der Waals surface area contributed by atoms with Crippen molar-refractivity contribution < 1.29 is 19.4 Å². The van der Waals surface area contributed by atoms with E-state index in [1.54, 1.807) is 11.8 Å². The number of aliphatic hydroxyl groups is 1. The zero-order valence-electron chi connectivity index (χ0n) is 18.3. The topological polar surface area (TPSA) is 83.1 Å². The number of nitrogens with zero attached hydrogens (tertiary/aromatic N) is 1. The van der Waals surface area contributed by atoms with Crippen LogP contribution in [0.4, 0.5) is 5.69 Å². The van der Waals surface area contributed by atoms with Gasteiger partial charge in [-0.05, 0) is 55.5 Å². The van der Waals surface area contributed by atoms with Gasteiger partial charge >= 0.3 is 0 Å². The van der Waals surface area contributed by atoms with Crippen LogP contribution in [0, 0.1) is 0 Å². The molecule has 172 valence electrons. The van der Waals surface area contributed by atoms with Crippen LogP contribution in [0.3, 0.4) is 0 Å². The van der Waals surface area contributed by atoms with Crippen molar-refractivity contribution in [3.8, 4) is 11.5 Å². The molecule has 3 N–H and O–H groups in total. The standard InChI is InChI=1S/C24H31N3O4S/c1-32-19-8-6-18(7-9-19)26-24(29)15-27-12-10-17(11-13-27)25-14-20(28)23-16-30-21-4-2-3-5-22(21)31-23/h2-9,17,20,23,25,28H,10-16H2,1H3,(H,26,29). The second-order valence-electron chi connectivity index (χ2n) is 8.22. The second-order valence-corrected chi connectivity index (χ2v) is 9.10. The van der Waals surface area contributed by atoms with E-state index in [1.165, 1.54) is 4.90 Å². The number of nitrogens with one attached hydrogen (secondary N) is 2. The third-order valence-electron chi connectivity index (χ3n) is 5.90. The SMILES string of the molecule is CSc1ccc(NC(=O)CN2CCC(NCC(O)C3COc4ccccc4O3)CC2)cc1. The minimum atomic E-state index is -0.648. The van der Waals surface area contributed by atoms with Gasteiger partial charge < -0.3 is 25.2 Å². The zero-order valence-corrected chi connectivity index (χ0v) is 19.1. The molecule has 1 fully saturated rings. The number of rotatable bonds is 8. The van der Waals surface area contributed by atoms with Crippen LogP contribution in [0.1, 0.15) is 12.8 Å². The van der Waals surface area contributed by atoms with E-state index in [4.69, 9.17) is 9.47 Å². The van der Waals surface area contributed by atoms with E-state index in [9.17, 15) is 9.90 Å². The number of hydrogen-bond acceptors (Lipinski definition) is 7. The highest BCUT2D eigenvalue weighted by atomic mass is 32.2. The minimum Gasteiger partial charge on any atom is -0.486 e. The number of thioether (sulfide) groups is 1. The van der Waals surface area contributed by atoms with Gasteiger partial charge in [-0.25, -0.2) is 0 Å². The van der Waals surface area contributed by atoms with Gasteiger partial charge in [0.1, 0.15) is 12.7 Å². The molecule has 0 aromatic heterocycles. The molecular weight excluding hydrogens is 426 g/mol. The average molecular weight is 458 g/mol. The molecule has 0 aliphatic carbocycles. The summed E-state index contributed by atoms with van der Waals surface area (Å²) in [6, 6.07) is 15.7. The van der Waals surface area contributed by atoms with Crippen molar-refractivity contribution in [2.75, 3.05) is 44.4 Å². The number of fused-ring (bicyclic) bond motifs is 1. The van der Waals surface area contributed by atoms with Crippen molar-refractivity contribution in [3.05, 3.63) is 48.5 Å². The van der Waals surface area contributed by atoms with E-state index < -0.39 is 6.10 Å². The van der Waals surface area contributed by atoms with Crippen LogP contribution < -0.4 is 20.1 Å². The van der Waals surface area contributed by atoms with Crippen LogP contribution in [0.25, 0.3) is 0 Å². The Hall–Kier alpha value is -2.26. The van der Waals surface area contributed by atoms with Gasteiger partial charge in [0.05, 0.1) is 6.54 Å². The summed E-state index contributed by atoms with van der Waals surface area (Å²) in [6.45, 7) is 2.89. The fourth-order valence-corrected chi connectivity index (χ4v) is 4.43. The predicted octanol–water partition coefficient (Wildman–Crippen LogP) is 2.60. The smallest absolute Gasteiger partial charge is 0.238 e. The molecule has 2 aliphatic heterocycles. The summed E-state index contributed by atoms with van der Waals surface area (Å²) >= 11 is 1.68. The number of para-hydroxylation sites is 2. The van der Waals surface area contributed by atoms with E-state index in [0.29, 0.717) is 31.5 Å². The Labute approximate surface area is 193 Å². The number of amides is 1. The molecule has 0 saturated carbocycles. The van der Waals surface area contributed by atoms with E-state index in [0.717, 1.165) is 37.4 Å². The van der Waals surface area contributed by atoms with Crippen molar-refractivity contribution in [2.45, 2.75) is 36.0 Å². The molecular formula is C24H31N3O4S. The number of aliphatic hydroxyl groups excluding tert-OH is 1. The third kappa shape index (κ3) is 6.16. The van der Waals surface area contributed by atoms with Crippen LogP contribution >= 0.6 is 11.8 Å². The van der Waals surface area contributed by atoms with Crippen LogP contribution in [-0.4, -0.2) is 73.2 Å². The molecule has 1 amide bonds. The lowest BCUT2D eigenvalue weighted by atomic mass is 10.0. The molecule has 2 unspecified atom stereocenters. The van der Waals surface area contributed by atoms with Gasteiger partial charge in [-0.2, -0.15) is 0 Å². The lowest BCUT2D eigenvalue weighted by Crippen LogP contribution is -2.50. The van der Waals surface area contributed by atoms with E-state index in [1.807, 2.05) is 54.8 Å². The van der Waals surface area contributed by atoms with Gasteiger partial charge in [0.25, 0.3) is 0 Å². The van der Waals surface area contributed by atoms with Crippen LogP contribution in [0.5, 0.6) is 11.5 Å². The van der Waals surface area contributed by atoms with Crippen LogP contribution in [0.2, 0.25) is 0 Å². The van der Waals surface area contributed by atoms with E-state index in [-0.39, 0.29) is 12.0 Å². The Morgan fingerprint density at radius 3 is 2.59 bits per heavy atom. The maximum atomic E-state index is 12.4. The fraction of sp³-hybridized carbons (Fsp3) is 0.458. The summed E-state index contributed by atoms with van der Waals surface area (Å²) in [4.78, 5) is 15.7. The molecule has 2 aliphatic rings. The Morgan fingerprint density at radius 1 is 1.16 bits per heavy atom.